The molecule has 4 heterocycles. The number of amides is 1. The quantitative estimate of drug-likeness (QED) is 0.711. The van der Waals surface area contributed by atoms with Gasteiger partial charge in [0, 0.05) is 24.7 Å². The molecule has 0 aromatic rings. The number of piperidine rings is 3. The van der Waals surface area contributed by atoms with E-state index >= 15 is 0 Å². The molecule has 0 aromatic heterocycles. The van der Waals surface area contributed by atoms with Crippen molar-refractivity contribution in [3.05, 3.63) is 11.3 Å². The summed E-state index contributed by atoms with van der Waals surface area (Å²) in [6.07, 6.45) is 5.42. The van der Waals surface area contributed by atoms with Crippen LogP contribution in [-0.2, 0) is 4.79 Å². The van der Waals surface area contributed by atoms with Gasteiger partial charge in [0.2, 0.25) is 5.91 Å². The average molecular weight is 262 g/mol. The van der Waals surface area contributed by atoms with Crippen LogP contribution in [0.3, 0.4) is 0 Å². The van der Waals surface area contributed by atoms with Crippen LogP contribution in [-0.4, -0.2) is 52.6 Å². The Hall–Kier alpha value is -0.870. The molecule has 0 aliphatic carbocycles. The van der Waals surface area contributed by atoms with Crippen molar-refractivity contribution in [3.8, 4) is 0 Å². The molecule has 0 spiro atoms. The highest BCUT2D eigenvalue weighted by molar-refractivity contribution is 5.80. The second-order valence-electron chi connectivity index (χ2n) is 6.53. The lowest BCUT2D eigenvalue weighted by Crippen LogP contribution is -2.58. The third-order valence-corrected chi connectivity index (χ3v) is 5.36. The molecular weight excluding hydrogens is 240 g/mol. The summed E-state index contributed by atoms with van der Waals surface area (Å²) in [5.74, 6) is 0.773. The molecule has 0 saturated carbocycles. The fourth-order valence-electron chi connectivity index (χ4n) is 4.65. The van der Waals surface area contributed by atoms with Crippen molar-refractivity contribution >= 4 is 5.91 Å². The third-order valence-electron chi connectivity index (χ3n) is 5.36. The van der Waals surface area contributed by atoms with E-state index in [1.807, 2.05) is 4.90 Å². The maximum atomic E-state index is 12.2. The molecule has 3 fully saturated rings. The molecule has 4 rings (SSSR count). The van der Waals surface area contributed by atoms with Crippen molar-refractivity contribution in [2.45, 2.75) is 50.7 Å². The van der Waals surface area contributed by atoms with Gasteiger partial charge in [-0.3, -0.25) is 9.69 Å². The Bertz CT molecular complexity index is 443. The fourth-order valence-corrected chi connectivity index (χ4v) is 4.65. The summed E-state index contributed by atoms with van der Waals surface area (Å²) in [4.78, 5) is 16.8. The van der Waals surface area contributed by atoms with Gasteiger partial charge in [0.15, 0.2) is 0 Å². The lowest BCUT2D eigenvalue weighted by Gasteiger charge is -2.53. The van der Waals surface area contributed by atoms with Crippen molar-refractivity contribution in [3.63, 3.8) is 0 Å². The van der Waals surface area contributed by atoms with Gasteiger partial charge in [-0.15, -0.1) is 0 Å². The summed E-state index contributed by atoms with van der Waals surface area (Å²) in [7, 11) is 0. The van der Waals surface area contributed by atoms with Gasteiger partial charge in [-0.1, -0.05) is 0 Å². The molecule has 0 bridgehead atoms. The first-order valence-electron chi connectivity index (χ1n) is 7.68. The maximum Gasteiger partial charge on any atom is 0.229 e. The van der Waals surface area contributed by atoms with Crippen LogP contribution < -0.4 is 0 Å². The summed E-state index contributed by atoms with van der Waals surface area (Å²) in [5.41, 5.74) is 2.66. The van der Waals surface area contributed by atoms with Gasteiger partial charge in [0.1, 0.15) is 0 Å². The number of fused-ring (bicyclic) bond motifs is 1. The molecule has 4 nitrogen and oxygen atoms in total. The Balaban J connectivity index is 1.77. The number of aliphatic hydroxyl groups is 1. The van der Waals surface area contributed by atoms with Crippen molar-refractivity contribution in [2.24, 2.45) is 5.92 Å². The Morgan fingerprint density at radius 2 is 2.00 bits per heavy atom. The van der Waals surface area contributed by atoms with Crippen LogP contribution >= 0.6 is 0 Å². The smallest absolute Gasteiger partial charge is 0.229 e. The molecule has 1 amide bonds. The van der Waals surface area contributed by atoms with Crippen LogP contribution in [0.25, 0.3) is 0 Å². The summed E-state index contributed by atoms with van der Waals surface area (Å²) in [5, 5.41) is 9.92. The van der Waals surface area contributed by atoms with Gasteiger partial charge in [-0.05, 0) is 50.3 Å². The normalized spacial score (nSPS) is 39.1. The van der Waals surface area contributed by atoms with Crippen LogP contribution in [0, 0.1) is 5.92 Å². The molecule has 4 aliphatic rings. The molecule has 4 heteroatoms. The SMILES string of the molecule is O=C1C[C@H](O)CC2=C3CCCN4CCC[C@H](CN12)[C@H]34. The van der Waals surface area contributed by atoms with Crippen molar-refractivity contribution < 1.29 is 9.90 Å². The van der Waals surface area contributed by atoms with E-state index in [2.05, 4.69) is 4.90 Å². The highest BCUT2D eigenvalue weighted by atomic mass is 16.3. The topological polar surface area (TPSA) is 43.8 Å². The largest absolute Gasteiger partial charge is 0.392 e. The van der Waals surface area contributed by atoms with Crippen LogP contribution in [0.1, 0.15) is 38.5 Å². The molecule has 3 atom stereocenters. The van der Waals surface area contributed by atoms with Crippen LogP contribution in [0.15, 0.2) is 11.3 Å². The van der Waals surface area contributed by atoms with E-state index in [9.17, 15) is 9.90 Å². The van der Waals surface area contributed by atoms with Crippen molar-refractivity contribution in [1.82, 2.24) is 9.80 Å². The third kappa shape index (κ3) is 1.77. The lowest BCUT2D eigenvalue weighted by atomic mass is 9.75. The van der Waals surface area contributed by atoms with Crippen molar-refractivity contribution in [1.29, 1.82) is 0 Å². The Morgan fingerprint density at radius 1 is 1.16 bits per heavy atom. The number of aliphatic hydroxyl groups excluding tert-OH is 1. The van der Waals surface area contributed by atoms with E-state index in [0.717, 1.165) is 13.0 Å². The minimum absolute atomic E-state index is 0.141. The first-order chi connectivity index (χ1) is 9.24. The number of carbonyl (C=O) groups is 1. The molecule has 0 aromatic carbocycles. The zero-order valence-electron chi connectivity index (χ0n) is 11.3. The monoisotopic (exact) mass is 262 g/mol. The minimum atomic E-state index is -0.457. The number of nitrogens with zero attached hydrogens (tertiary/aromatic N) is 2. The number of hydrogen-bond donors (Lipinski definition) is 1. The number of hydrogen-bond acceptors (Lipinski definition) is 3. The van der Waals surface area contributed by atoms with E-state index in [0.29, 0.717) is 24.8 Å². The van der Waals surface area contributed by atoms with Gasteiger partial charge in [-0.2, -0.15) is 0 Å². The van der Waals surface area contributed by atoms with Gasteiger partial charge in [0.05, 0.1) is 12.5 Å². The van der Waals surface area contributed by atoms with E-state index < -0.39 is 6.10 Å². The molecule has 0 unspecified atom stereocenters. The zero-order valence-corrected chi connectivity index (χ0v) is 11.3. The summed E-state index contributed by atoms with van der Waals surface area (Å²) < 4.78 is 0. The lowest BCUT2D eigenvalue weighted by molar-refractivity contribution is -0.136. The highest BCUT2D eigenvalue weighted by Gasteiger charge is 2.45. The second-order valence-corrected chi connectivity index (χ2v) is 6.53. The molecular formula is C15H22N2O2. The highest BCUT2D eigenvalue weighted by Crippen LogP contribution is 2.43. The van der Waals surface area contributed by atoms with E-state index in [4.69, 9.17) is 0 Å². The van der Waals surface area contributed by atoms with Crippen LogP contribution in [0.4, 0.5) is 0 Å². The van der Waals surface area contributed by atoms with Crippen LogP contribution in [0.5, 0.6) is 0 Å². The summed E-state index contributed by atoms with van der Waals surface area (Å²) >= 11 is 0. The van der Waals surface area contributed by atoms with Gasteiger partial charge < -0.3 is 10.0 Å². The number of carbonyl (C=O) groups excluding carboxylic acids is 1. The van der Waals surface area contributed by atoms with Crippen LogP contribution in [0.2, 0.25) is 0 Å². The Labute approximate surface area is 114 Å². The standard InChI is InChI=1S/C15H22N2O2/c18-11-7-13-12-4-2-6-16-5-1-3-10(15(12)16)9-17(13)14(19)8-11/h10-11,15,18H,1-9H2/t10-,11-,15-/m1/s1. The predicted molar refractivity (Wildman–Crippen MR) is 71.3 cm³/mol. The molecule has 4 aliphatic heterocycles. The van der Waals surface area contributed by atoms with E-state index in [1.54, 1.807) is 0 Å². The minimum Gasteiger partial charge on any atom is -0.392 e. The zero-order chi connectivity index (χ0) is 13.0. The molecule has 3 saturated heterocycles. The first-order valence-corrected chi connectivity index (χ1v) is 7.68. The molecule has 104 valence electrons. The Morgan fingerprint density at radius 3 is 2.89 bits per heavy atom. The molecule has 19 heavy (non-hydrogen) atoms. The molecule has 0 radical (unpaired) electrons. The van der Waals surface area contributed by atoms with Gasteiger partial charge in [-0.25, -0.2) is 0 Å². The summed E-state index contributed by atoms with van der Waals surface area (Å²) in [6.45, 7) is 3.33. The fraction of sp³-hybridized carbons (Fsp3) is 0.800. The van der Waals surface area contributed by atoms with E-state index in [-0.39, 0.29) is 5.91 Å². The van der Waals surface area contributed by atoms with Crippen molar-refractivity contribution in [2.75, 3.05) is 19.6 Å². The average Bonchev–Trinajstić information content (AvgIpc) is 2.41. The first kappa shape index (κ1) is 11.9. The predicted octanol–water partition coefficient (Wildman–Crippen LogP) is 1.11. The second kappa shape index (κ2) is 4.32. The van der Waals surface area contributed by atoms with Gasteiger partial charge in [0.25, 0.3) is 0 Å². The van der Waals surface area contributed by atoms with E-state index in [1.165, 1.54) is 43.6 Å². The summed E-state index contributed by atoms with van der Waals surface area (Å²) in [6, 6.07) is 0.576. The Kier molecular flexibility index (Phi) is 2.71. The molecule has 1 N–H and O–H groups in total. The maximum absolute atomic E-state index is 12.2. The van der Waals surface area contributed by atoms with Gasteiger partial charge >= 0.3 is 0 Å². The number of rotatable bonds is 0.